The highest BCUT2D eigenvalue weighted by atomic mass is 19.1. The van der Waals surface area contributed by atoms with Crippen molar-refractivity contribution in [2.45, 2.75) is 59.0 Å². The molecule has 1 atom stereocenters. The van der Waals surface area contributed by atoms with Crippen LogP contribution in [0.5, 0.6) is 0 Å². The molecule has 1 aromatic carbocycles. The Morgan fingerprint density at radius 2 is 2.17 bits per heavy atom. The van der Waals surface area contributed by atoms with Crippen molar-refractivity contribution >= 4 is 0 Å². The summed E-state index contributed by atoms with van der Waals surface area (Å²) in [6.45, 7) is 7.53. The van der Waals surface area contributed by atoms with Gasteiger partial charge in [-0.15, -0.1) is 0 Å². The molecule has 1 nitrogen and oxygen atoms in total. The molecule has 1 N–H and O–H groups in total. The standard InChI is InChI=1S/C16H24FN/c1-12-9-14(17)7-6-13(12)11-18-15-5-4-8-16(2,3)10-15/h6-7,9,15,18H,4-5,8,10-11H2,1-3H3. The Hall–Kier alpha value is -0.890. The van der Waals surface area contributed by atoms with Crippen LogP contribution in [-0.2, 0) is 6.54 Å². The molecule has 1 aliphatic carbocycles. The molecule has 1 unspecified atom stereocenters. The molecule has 0 heterocycles. The van der Waals surface area contributed by atoms with Crippen molar-refractivity contribution in [1.29, 1.82) is 0 Å². The van der Waals surface area contributed by atoms with Crippen LogP contribution >= 0.6 is 0 Å². The van der Waals surface area contributed by atoms with E-state index in [-0.39, 0.29) is 5.82 Å². The minimum atomic E-state index is -0.143. The Balaban J connectivity index is 1.91. The quantitative estimate of drug-likeness (QED) is 0.847. The number of halogens is 1. The van der Waals surface area contributed by atoms with E-state index in [1.54, 1.807) is 12.1 Å². The van der Waals surface area contributed by atoms with Crippen LogP contribution in [0.25, 0.3) is 0 Å². The second-order valence-corrected chi connectivity index (χ2v) is 6.41. The first-order valence-corrected chi connectivity index (χ1v) is 6.95. The van der Waals surface area contributed by atoms with Crippen molar-refractivity contribution in [2.75, 3.05) is 0 Å². The molecule has 18 heavy (non-hydrogen) atoms. The topological polar surface area (TPSA) is 12.0 Å². The van der Waals surface area contributed by atoms with Crippen molar-refractivity contribution in [1.82, 2.24) is 5.32 Å². The van der Waals surface area contributed by atoms with Crippen LogP contribution in [0.15, 0.2) is 18.2 Å². The van der Waals surface area contributed by atoms with Gasteiger partial charge < -0.3 is 5.32 Å². The lowest BCUT2D eigenvalue weighted by Crippen LogP contribution is -2.37. The first-order chi connectivity index (χ1) is 8.46. The van der Waals surface area contributed by atoms with Gasteiger partial charge in [-0.3, -0.25) is 0 Å². The summed E-state index contributed by atoms with van der Waals surface area (Å²) < 4.78 is 13.0. The first kappa shape index (κ1) is 13.5. The zero-order valence-electron chi connectivity index (χ0n) is 11.7. The molecule has 1 fully saturated rings. The highest BCUT2D eigenvalue weighted by Crippen LogP contribution is 2.35. The molecule has 100 valence electrons. The first-order valence-electron chi connectivity index (χ1n) is 6.95. The Kier molecular flexibility index (Phi) is 4.06. The summed E-state index contributed by atoms with van der Waals surface area (Å²) in [6.07, 6.45) is 5.16. The summed E-state index contributed by atoms with van der Waals surface area (Å²) >= 11 is 0. The van der Waals surface area contributed by atoms with Crippen LogP contribution in [-0.4, -0.2) is 6.04 Å². The van der Waals surface area contributed by atoms with E-state index in [2.05, 4.69) is 19.2 Å². The van der Waals surface area contributed by atoms with Crippen molar-refractivity contribution in [3.05, 3.63) is 35.1 Å². The van der Waals surface area contributed by atoms with Crippen LogP contribution in [0, 0.1) is 18.2 Å². The number of aryl methyl sites for hydroxylation is 1. The molecule has 1 aliphatic rings. The molecule has 1 aromatic rings. The SMILES string of the molecule is Cc1cc(F)ccc1CNC1CCCC(C)(C)C1. The average Bonchev–Trinajstić information content (AvgIpc) is 2.26. The lowest BCUT2D eigenvalue weighted by Gasteiger charge is -2.35. The highest BCUT2D eigenvalue weighted by Gasteiger charge is 2.27. The number of nitrogens with one attached hydrogen (secondary N) is 1. The fourth-order valence-corrected chi connectivity index (χ4v) is 2.98. The summed E-state index contributed by atoms with van der Waals surface area (Å²) in [4.78, 5) is 0. The van der Waals surface area contributed by atoms with Gasteiger partial charge in [0.2, 0.25) is 0 Å². The summed E-state index contributed by atoms with van der Waals surface area (Å²) in [7, 11) is 0. The summed E-state index contributed by atoms with van der Waals surface area (Å²) in [5.41, 5.74) is 2.71. The van der Waals surface area contributed by atoms with E-state index in [4.69, 9.17) is 0 Å². The maximum atomic E-state index is 13.0. The van der Waals surface area contributed by atoms with E-state index >= 15 is 0 Å². The van der Waals surface area contributed by atoms with Gasteiger partial charge in [-0.2, -0.15) is 0 Å². The van der Waals surface area contributed by atoms with Gasteiger partial charge in [0.15, 0.2) is 0 Å². The van der Waals surface area contributed by atoms with Crippen LogP contribution in [0.4, 0.5) is 4.39 Å². The average molecular weight is 249 g/mol. The molecule has 0 saturated heterocycles. The predicted octanol–water partition coefficient (Wildman–Crippen LogP) is 4.19. The predicted molar refractivity (Wildman–Crippen MR) is 74.0 cm³/mol. The fourth-order valence-electron chi connectivity index (χ4n) is 2.98. The second kappa shape index (κ2) is 5.40. The van der Waals surface area contributed by atoms with Crippen molar-refractivity contribution < 1.29 is 4.39 Å². The van der Waals surface area contributed by atoms with E-state index in [0.29, 0.717) is 11.5 Å². The van der Waals surface area contributed by atoms with Gasteiger partial charge in [-0.1, -0.05) is 26.3 Å². The Bertz CT molecular complexity index is 412. The molecule has 2 rings (SSSR count). The third-order valence-electron chi connectivity index (χ3n) is 4.09. The maximum Gasteiger partial charge on any atom is 0.123 e. The molecule has 0 aromatic heterocycles. The monoisotopic (exact) mass is 249 g/mol. The van der Waals surface area contributed by atoms with E-state index in [0.717, 1.165) is 12.1 Å². The van der Waals surface area contributed by atoms with Gasteiger partial charge in [-0.05, 0) is 54.9 Å². The molecule has 0 spiro atoms. The van der Waals surface area contributed by atoms with Crippen molar-refractivity contribution in [2.24, 2.45) is 5.41 Å². The summed E-state index contributed by atoms with van der Waals surface area (Å²) in [5, 5.41) is 3.63. The lowest BCUT2D eigenvalue weighted by atomic mass is 9.75. The van der Waals surface area contributed by atoms with Gasteiger partial charge in [0.1, 0.15) is 5.82 Å². The summed E-state index contributed by atoms with van der Waals surface area (Å²) in [6, 6.07) is 5.67. The minimum absolute atomic E-state index is 0.143. The van der Waals surface area contributed by atoms with Gasteiger partial charge in [0.05, 0.1) is 0 Å². The van der Waals surface area contributed by atoms with Crippen LogP contribution in [0.3, 0.4) is 0 Å². The van der Waals surface area contributed by atoms with E-state index in [9.17, 15) is 4.39 Å². The third kappa shape index (κ3) is 3.55. The zero-order chi connectivity index (χ0) is 13.2. The van der Waals surface area contributed by atoms with Gasteiger partial charge >= 0.3 is 0 Å². The number of hydrogen-bond acceptors (Lipinski definition) is 1. The van der Waals surface area contributed by atoms with E-state index in [1.165, 1.54) is 31.2 Å². The molecular formula is C16H24FN. The zero-order valence-corrected chi connectivity index (χ0v) is 11.7. The molecule has 0 aliphatic heterocycles. The Labute approximate surface area is 110 Å². The van der Waals surface area contributed by atoms with Crippen LogP contribution < -0.4 is 5.32 Å². The second-order valence-electron chi connectivity index (χ2n) is 6.41. The smallest absolute Gasteiger partial charge is 0.123 e. The van der Waals surface area contributed by atoms with Gasteiger partial charge in [0.25, 0.3) is 0 Å². The van der Waals surface area contributed by atoms with E-state index < -0.39 is 0 Å². The largest absolute Gasteiger partial charge is 0.310 e. The molecule has 2 heteroatoms. The third-order valence-corrected chi connectivity index (χ3v) is 4.09. The number of hydrogen-bond donors (Lipinski definition) is 1. The molecular weight excluding hydrogens is 225 g/mol. The van der Waals surface area contributed by atoms with Crippen LogP contribution in [0.2, 0.25) is 0 Å². The van der Waals surface area contributed by atoms with E-state index in [1.807, 2.05) is 13.0 Å². The molecule has 0 bridgehead atoms. The summed E-state index contributed by atoms with van der Waals surface area (Å²) in [5.74, 6) is -0.143. The lowest BCUT2D eigenvalue weighted by molar-refractivity contribution is 0.197. The number of rotatable bonds is 3. The van der Waals surface area contributed by atoms with Crippen LogP contribution in [0.1, 0.15) is 50.7 Å². The molecule has 1 saturated carbocycles. The maximum absolute atomic E-state index is 13.0. The highest BCUT2D eigenvalue weighted by molar-refractivity contribution is 5.26. The Morgan fingerprint density at radius 1 is 1.39 bits per heavy atom. The Morgan fingerprint density at radius 3 is 2.83 bits per heavy atom. The minimum Gasteiger partial charge on any atom is -0.310 e. The molecule has 0 amide bonds. The van der Waals surface area contributed by atoms with Gasteiger partial charge in [-0.25, -0.2) is 4.39 Å². The normalized spacial score (nSPS) is 23.0. The fraction of sp³-hybridized carbons (Fsp3) is 0.625. The number of benzene rings is 1. The van der Waals surface area contributed by atoms with Gasteiger partial charge in [0, 0.05) is 12.6 Å². The van der Waals surface area contributed by atoms with Crippen molar-refractivity contribution in [3.63, 3.8) is 0 Å². The molecule has 0 radical (unpaired) electrons. The van der Waals surface area contributed by atoms with Crippen molar-refractivity contribution in [3.8, 4) is 0 Å².